The molecule has 9 rings (SSSR count). The SMILES string of the molecule is c1ccc(-c2cc(-c3cccc(-c4ccc(-c5ccc6c(c5)-c5ccccc5C65CCCCC5)cc4)c3)nc(-c3ccccc3)n2)cc1. The van der Waals surface area contributed by atoms with Crippen LogP contribution in [0.25, 0.3) is 67.3 Å². The van der Waals surface area contributed by atoms with E-state index in [1.165, 1.54) is 71.0 Å². The molecule has 0 saturated heterocycles. The molecule has 6 aromatic carbocycles. The third-order valence-corrected chi connectivity index (χ3v) is 10.5. The number of rotatable bonds is 5. The van der Waals surface area contributed by atoms with E-state index in [2.05, 4.69) is 133 Å². The van der Waals surface area contributed by atoms with Crippen LogP contribution in [-0.4, -0.2) is 9.97 Å². The molecule has 230 valence electrons. The molecule has 48 heavy (non-hydrogen) atoms. The monoisotopic (exact) mass is 616 g/mol. The predicted molar refractivity (Wildman–Crippen MR) is 199 cm³/mol. The normalized spacial score (nSPS) is 14.4. The van der Waals surface area contributed by atoms with Gasteiger partial charge >= 0.3 is 0 Å². The topological polar surface area (TPSA) is 25.8 Å². The van der Waals surface area contributed by atoms with Crippen LogP contribution in [0.3, 0.4) is 0 Å². The highest BCUT2D eigenvalue weighted by molar-refractivity contribution is 5.85. The van der Waals surface area contributed by atoms with Gasteiger partial charge in [-0.2, -0.15) is 0 Å². The largest absolute Gasteiger partial charge is 0.228 e. The lowest BCUT2D eigenvalue weighted by molar-refractivity contribution is 0.353. The third-order valence-electron chi connectivity index (χ3n) is 10.5. The van der Waals surface area contributed by atoms with Crippen LogP contribution < -0.4 is 0 Å². The molecule has 2 nitrogen and oxygen atoms in total. The van der Waals surface area contributed by atoms with Crippen LogP contribution in [0.15, 0.2) is 158 Å². The van der Waals surface area contributed by atoms with Crippen LogP contribution in [0.1, 0.15) is 43.2 Å². The number of benzene rings is 6. The minimum Gasteiger partial charge on any atom is -0.228 e. The molecular weight excluding hydrogens is 581 g/mol. The summed E-state index contributed by atoms with van der Waals surface area (Å²) in [5, 5.41) is 0. The van der Waals surface area contributed by atoms with E-state index >= 15 is 0 Å². The lowest BCUT2D eigenvalue weighted by Gasteiger charge is -2.36. The quantitative estimate of drug-likeness (QED) is 0.192. The van der Waals surface area contributed by atoms with Gasteiger partial charge in [0.15, 0.2) is 5.82 Å². The van der Waals surface area contributed by atoms with Gasteiger partial charge in [0.2, 0.25) is 0 Å². The summed E-state index contributed by atoms with van der Waals surface area (Å²) >= 11 is 0. The summed E-state index contributed by atoms with van der Waals surface area (Å²) in [5.74, 6) is 0.730. The summed E-state index contributed by atoms with van der Waals surface area (Å²) in [6.45, 7) is 0. The second-order valence-corrected chi connectivity index (χ2v) is 13.3. The predicted octanol–water partition coefficient (Wildman–Crippen LogP) is 12.0. The molecule has 0 N–H and O–H groups in total. The molecule has 2 aliphatic carbocycles. The number of hydrogen-bond donors (Lipinski definition) is 0. The Bertz CT molecular complexity index is 2190. The van der Waals surface area contributed by atoms with E-state index in [9.17, 15) is 0 Å². The van der Waals surface area contributed by atoms with Crippen molar-refractivity contribution in [2.45, 2.75) is 37.5 Å². The zero-order chi connectivity index (χ0) is 31.9. The van der Waals surface area contributed by atoms with E-state index in [-0.39, 0.29) is 5.41 Å². The number of fused-ring (bicyclic) bond motifs is 5. The molecular formula is C46H36N2. The van der Waals surface area contributed by atoms with Gasteiger partial charge in [-0.25, -0.2) is 9.97 Å². The van der Waals surface area contributed by atoms with Crippen LogP contribution in [0.5, 0.6) is 0 Å². The van der Waals surface area contributed by atoms with Crippen molar-refractivity contribution in [2.24, 2.45) is 0 Å². The Morgan fingerprint density at radius 3 is 1.62 bits per heavy atom. The first-order chi connectivity index (χ1) is 23.7. The van der Waals surface area contributed by atoms with E-state index in [1.807, 2.05) is 24.3 Å². The van der Waals surface area contributed by atoms with E-state index in [0.717, 1.165) is 33.9 Å². The molecule has 0 radical (unpaired) electrons. The first-order valence-corrected chi connectivity index (χ1v) is 17.2. The first-order valence-electron chi connectivity index (χ1n) is 17.2. The van der Waals surface area contributed by atoms with E-state index in [0.29, 0.717) is 0 Å². The average molecular weight is 617 g/mol. The van der Waals surface area contributed by atoms with Crippen molar-refractivity contribution in [3.63, 3.8) is 0 Å². The lowest BCUT2D eigenvalue weighted by Crippen LogP contribution is -2.27. The summed E-state index contributed by atoms with van der Waals surface area (Å²) < 4.78 is 0. The fourth-order valence-electron chi connectivity index (χ4n) is 8.12. The van der Waals surface area contributed by atoms with Gasteiger partial charge in [-0.3, -0.25) is 0 Å². The highest BCUT2D eigenvalue weighted by Gasteiger charge is 2.43. The average Bonchev–Trinajstić information content (AvgIpc) is 3.43. The fourth-order valence-corrected chi connectivity index (χ4v) is 8.12. The van der Waals surface area contributed by atoms with Crippen molar-refractivity contribution in [1.82, 2.24) is 9.97 Å². The Labute approximate surface area is 282 Å². The van der Waals surface area contributed by atoms with Crippen molar-refractivity contribution in [3.05, 3.63) is 169 Å². The summed E-state index contributed by atoms with van der Waals surface area (Å²) in [6.07, 6.45) is 6.52. The Balaban J connectivity index is 1.05. The van der Waals surface area contributed by atoms with Crippen LogP contribution in [0.2, 0.25) is 0 Å². The molecule has 2 heteroatoms. The van der Waals surface area contributed by atoms with Gasteiger partial charge in [0.25, 0.3) is 0 Å². The van der Waals surface area contributed by atoms with Crippen molar-refractivity contribution < 1.29 is 0 Å². The molecule has 1 heterocycles. The highest BCUT2D eigenvalue weighted by Crippen LogP contribution is 2.56. The zero-order valence-corrected chi connectivity index (χ0v) is 26.9. The Morgan fingerprint density at radius 2 is 0.896 bits per heavy atom. The van der Waals surface area contributed by atoms with E-state index < -0.39 is 0 Å². The number of nitrogens with zero attached hydrogens (tertiary/aromatic N) is 2. The van der Waals surface area contributed by atoms with Crippen LogP contribution in [0, 0.1) is 0 Å². The summed E-state index contributed by atoms with van der Waals surface area (Å²) in [6, 6.07) is 56.8. The van der Waals surface area contributed by atoms with Gasteiger partial charge in [0, 0.05) is 22.1 Å². The maximum absolute atomic E-state index is 5.05. The van der Waals surface area contributed by atoms with Crippen LogP contribution in [-0.2, 0) is 5.41 Å². The Morgan fingerprint density at radius 1 is 0.354 bits per heavy atom. The van der Waals surface area contributed by atoms with Gasteiger partial charge in [-0.05, 0) is 75.5 Å². The molecule has 0 aliphatic heterocycles. The molecule has 1 aromatic heterocycles. The summed E-state index contributed by atoms with van der Waals surface area (Å²) in [7, 11) is 0. The molecule has 1 saturated carbocycles. The molecule has 1 fully saturated rings. The number of hydrogen-bond acceptors (Lipinski definition) is 2. The molecule has 1 spiro atoms. The highest BCUT2D eigenvalue weighted by atomic mass is 14.9. The van der Waals surface area contributed by atoms with Gasteiger partial charge in [0.1, 0.15) is 0 Å². The number of aromatic nitrogens is 2. The van der Waals surface area contributed by atoms with Crippen molar-refractivity contribution >= 4 is 0 Å². The standard InChI is InChI=1S/C46H36N2/c1-4-13-34(14-5-1)43-31-44(48-45(47-43)35-15-6-2-7-16-35)38-18-12-17-36(29-38)32-21-23-33(24-22-32)37-25-26-42-40(30-37)39-19-8-9-20-41(39)46(42)27-10-3-11-28-46/h1-2,4-9,12-26,29-31H,3,10-11,27-28H2. The summed E-state index contributed by atoms with van der Waals surface area (Å²) in [4.78, 5) is 10.0. The van der Waals surface area contributed by atoms with Crippen LogP contribution in [0.4, 0.5) is 0 Å². The summed E-state index contributed by atoms with van der Waals surface area (Å²) in [5.41, 5.74) is 16.0. The minimum absolute atomic E-state index is 0.199. The van der Waals surface area contributed by atoms with Gasteiger partial charge in [-0.15, -0.1) is 0 Å². The maximum Gasteiger partial charge on any atom is 0.160 e. The minimum atomic E-state index is 0.199. The molecule has 0 atom stereocenters. The van der Waals surface area contributed by atoms with Gasteiger partial charge < -0.3 is 0 Å². The second kappa shape index (κ2) is 11.9. The fraction of sp³-hybridized carbons (Fsp3) is 0.130. The maximum atomic E-state index is 5.05. The van der Waals surface area contributed by atoms with Gasteiger partial charge in [-0.1, -0.05) is 159 Å². The van der Waals surface area contributed by atoms with E-state index in [4.69, 9.17) is 9.97 Å². The second-order valence-electron chi connectivity index (χ2n) is 13.3. The van der Waals surface area contributed by atoms with Crippen molar-refractivity contribution in [2.75, 3.05) is 0 Å². The molecule has 2 aliphatic rings. The zero-order valence-electron chi connectivity index (χ0n) is 26.9. The molecule has 0 unspecified atom stereocenters. The lowest BCUT2D eigenvalue weighted by atomic mass is 9.68. The Hall–Kier alpha value is -5.60. The van der Waals surface area contributed by atoms with E-state index in [1.54, 1.807) is 5.56 Å². The van der Waals surface area contributed by atoms with Gasteiger partial charge in [0.05, 0.1) is 11.4 Å². The smallest absolute Gasteiger partial charge is 0.160 e. The van der Waals surface area contributed by atoms with Crippen molar-refractivity contribution in [3.8, 4) is 67.3 Å². The first kappa shape index (κ1) is 28.6. The van der Waals surface area contributed by atoms with Crippen LogP contribution >= 0.6 is 0 Å². The van der Waals surface area contributed by atoms with Crippen molar-refractivity contribution in [1.29, 1.82) is 0 Å². The Kier molecular flexibility index (Phi) is 7.08. The molecule has 0 bridgehead atoms. The third kappa shape index (κ3) is 4.96. The molecule has 0 amide bonds. The molecule has 7 aromatic rings.